The highest BCUT2D eigenvalue weighted by atomic mass is 32.2. The first-order chi connectivity index (χ1) is 46.2. The van der Waals surface area contributed by atoms with E-state index in [9.17, 15) is 57.2 Å². The highest BCUT2D eigenvalue weighted by Gasteiger charge is 2.29. The van der Waals surface area contributed by atoms with E-state index in [2.05, 4.69) is 50.3 Å². The van der Waals surface area contributed by atoms with Gasteiger partial charge < -0.3 is 43.7 Å². The maximum atomic E-state index is 13.8. The molecule has 2 aliphatic carbocycles. The number of terminal acetylenes is 1. The van der Waals surface area contributed by atoms with Crippen molar-refractivity contribution in [2.75, 3.05) is 88.3 Å². The van der Waals surface area contributed by atoms with Crippen LogP contribution in [-0.4, -0.2) is 145 Å². The third-order valence-corrected chi connectivity index (χ3v) is 21.7. The summed E-state index contributed by atoms with van der Waals surface area (Å²) in [6, 6.07) is 27.3. The van der Waals surface area contributed by atoms with Gasteiger partial charge in [-0.25, -0.2) is 52.3 Å². The van der Waals surface area contributed by atoms with Crippen molar-refractivity contribution in [3.8, 4) is 57.2 Å². The van der Waals surface area contributed by atoms with Crippen molar-refractivity contribution in [1.82, 2.24) is 34.5 Å². The van der Waals surface area contributed by atoms with Gasteiger partial charge >= 0.3 is 0 Å². The van der Waals surface area contributed by atoms with E-state index in [0.717, 1.165) is 34.2 Å². The lowest BCUT2D eigenvalue weighted by Gasteiger charge is -2.23. The molecule has 0 spiro atoms. The first kappa shape index (κ1) is 74.3. The molecule has 1 atom stereocenters. The molecule has 0 saturated heterocycles. The number of sulfonamides is 2. The number of fused-ring (bicyclic) bond motifs is 4. The predicted molar refractivity (Wildman–Crippen MR) is 373 cm³/mol. The van der Waals surface area contributed by atoms with Crippen LogP contribution in [0.15, 0.2) is 138 Å². The Labute approximate surface area is 567 Å². The van der Waals surface area contributed by atoms with Gasteiger partial charge in [-0.15, -0.1) is 6.42 Å². The number of benzene rings is 6. The Morgan fingerprint density at radius 3 is 1.34 bits per heavy atom. The van der Waals surface area contributed by atoms with Gasteiger partial charge in [0.2, 0.25) is 48.5 Å². The molecule has 0 unspecified atom stereocenters. The smallest absolute Gasteiger partial charge is 0.243 e. The van der Waals surface area contributed by atoms with Gasteiger partial charge in [-0.05, 0) is 135 Å². The molecule has 4 aromatic carbocycles. The molecule has 3 amide bonds. The molecule has 0 radical (unpaired) electrons. The number of rotatable bonds is 32. The van der Waals surface area contributed by atoms with E-state index in [-0.39, 0.29) is 49.9 Å². The number of unbranched alkanes of at least 4 members (excludes halogenated alkanes) is 1. The van der Waals surface area contributed by atoms with E-state index in [1.807, 2.05) is 104 Å². The van der Waals surface area contributed by atoms with Gasteiger partial charge in [0.05, 0.1) is 38.3 Å². The number of nitrogens with one attached hydrogen (secondary N) is 5. The topological polar surface area (TPSA) is 333 Å². The van der Waals surface area contributed by atoms with Crippen molar-refractivity contribution in [3.63, 3.8) is 0 Å². The summed E-state index contributed by atoms with van der Waals surface area (Å²) in [4.78, 5) is 41.0. The van der Waals surface area contributed by atoms with E-state index in [1.54, 1.807) is 24.3 Å². The van der Waals surface area contributed by atoms with Crippen LogP contribution in [0, 0.1) is 12.3 Å². The Hall–Kier alpha value is -8.53. The molecule has 0 saturated carbocycles. The molecule has 0 bridgehead atoms. The summed E-state index contributed by atoms with van der Waals surface area (Å²) in [5, 5.41) is 10.4. The van der Waals surface area contributed by atoms with Gasteiger partial charge in [-0.2, -0.15) is 0 Å². The molecule has 518 valence electrons. The standard InChI is InChI=1S/C69H83N9O15S4/c1-10-36-71-69(81)58(74-66(80)35-39-73-95(84,85)51-27-33-57(64(45-51)97(89,90)91)68-54-30-24-48(77(15-6)16-7)42-61(54)93-62-43-49(25-31-55(62)68)78(17-8)18-9)21-19-20-37-70-65(79)34-38-72-94(82,83)50-26-32-56(63(44-50)96(86,87)88)67-52-28-22-46(75(11-2)12-3)40-59(52)92-60-41-47(23-29-53(60)67)76(13-4)14-5/h1,22-33,40-45,58,72-73H,11-21,34-39H2,2-9H3,(H3-2,70,71,74,79,80,81,86,87,88,89,90,91)/t58-/m0/s1. The molecule has 5 N–H and O–H groups in total. The van der Waals surface area contributed by atoms with Gasteiger partial charge in [0.15, 0.2) is 0 Å². The zero-order chi connectivity index (χ0) is 70.6. The van der Waals surface area contributed by atoms with Crippen LogP contribution in [0.3, 0.4) is 0 Å². The van der Waals surface area contributed by atoms with Crippen LogP contribution >= 0.6 is 0 Å². The largest absolute Gasteiger partial charge is 0.744 e. The van der Waals surface area contributed by atoms with E-state index in [4.69, 9.17) is 15.3 Å². The molecule has 2 aliphatic heterocycles. The molecule has 8 rings (SSSR count). The summed E-state index contributed by atoms with van der Waals surface area (Å²) < 4.78 is 156. The number of nitrogens with zero attached hydrogens (tertiary/aromatic N) is 4. The number of amides is 3. The number of carbonyl (C=O) groups excluding carboxylic acids is 3. The van der Waals surface area contributed by atoms with Crippen molar-refractivity contribution in [2.24, 2.45) is 0 Å². The Morgan fingerprint density at radius 1 is 0.515 bits per heavy atom. The van der Waals surface area contributed by atoms with Gasteiger partial charge in [0, 0.05) is 138 Å². The number of hydrogen-bond acceptors (Lipinski definition) is 17. The minimum atomic E-state index is -5.36. The van der Waals surface area contributed by atoms with Crippen LogP contribution in [0.5, 0.6) is 0 Å². The zero-order valence-corrected chi connectivity index (χ0v) is 58.9. The second-order valence-electron chi connectivity index (χ2n) is 22.8. The quantitative estimate of drug-likeness (QED) is 0.0100. The van der Waals surface area contributed by atoms with E-state index >= 15 is 0 Å². The number of hydrogen-bond donors (Lipinski definition) is 5. The van der Waals surface area contributed by atoms with Gasteiger partial charge in [0.1, 0.15) is 75.1 Å². The first-order valence-corrected chi connectivity index (χ1v) is 38.1. The summed E-state index contributed by atoms with van der Waals surface area (Å²) in [5.74, 6) is 1.14. The minimum absolute atomic E-state index is 0.0350. The fourth-order valence-electron chi connectivity index (χ4n) is 12.0. The van der Waals surface area contributed by atoms with Crippen LogP contribution in [-0.2, 0) is 54.7 Å². The fraction of sp³-hybridized carbons (Fsp3) is 0.377. The highest BCUT2D eigenvalue weighted by Crippen LogP contribution is 2.45. The molecule has 0 aromatic heterocycles. The molecular formula is C69H83N9O15S4. The van der Waals surface area contributed by atoms with Crippen LogP contribution < -0.4 is 55.1 Å². The Morgan fingerprint density at radius 2 is 0.938 bits per heavy atom. The molecule has 97 heavy (non-hydrogen) atoms. The third kappa shape index (κ3) is 17.4. The lowest BCUT2D eigenvalue weighted by Crippen LogP contribution is -2.47. The molecule has 0 fully saturated rings. The lowest BCUT2D eigenvalue weighted by atomic mass is 9.93. The predicted octanol–water partition coefficient (Wildman–Crippen LogP) is 6.40. The highest BCUT2D eigenvalue weighted by molar-refractivity contribution is 7.90. The lowest BCUT2D eigenvalue weighted by molar-refractivity contribution is -0.129. The van der Waals surface area contributed by atoms with Crippen LogP contribution in [0.1, 0.15) is 87.5 Å². The minimum Gasteiger partial charge on any atom is -0.744 e. The van der Waals surface area contributed by atoms with Gasteiger partial charge in [-0.3, -0.25) is 14.4 Å². The second-order valence-corrected chi connectivity index (χ2v) is 29.0. The average Bonchev–Trinajstić information content (AvgIpc) is 0.749. The summed E-state index contributed by atoms with van der Waals surface area (Å²) in [7, 11) is -19.8. The molecule has 4 aromatic rings. The van der Waals surface area contributed by atoms with Crippen molar-refractivity contribution >= 4 is 91.3 Å². The van der Waals surface area contributed by atoms with E-state index in [0.29, 0.717) is 108 Å². The second kappa shape index (κ2) is 32.2. The van der Waals surface area contributed by atoms with Crippen molar-refractivity contribution in [3.05, 3.63) is 120 Å². The van der Waals surface area contributed by atoms with Gasteiger partial charge in [0.25, 0.3) is 0 Å². The third-order valence-electron chi connectivity index (χ3n) is 17.0. The molecule has 28 heteroatoms. The molecule has 2 heterocycles. The maximum Gasteiger partial charge on any atom is 0.243 e. The van der Waals surface area contributed by atoms with Gasteiger partial charge in [-0.1, -0.05) is 18.1 Å². The summed E-state index contributed by atoms with van der Waals surface area (Å²) in [6.07, 6.45) is 5.11. The van der Waals surface area contributed by atoms with Crippen molar-refractivity contribution in [1.29, 1.82) is 0 Å². The molecular weight excluding hydrogens is 1320 g/mol. The zero-order valence-electron chi connectivity index (χ0n) is 55.6. The number of carbonyl (C=O) groups is 3. The van der Waals surface area contributed by atoms with Crippen LogP contribution in [0.25, 0.3) is 66.8 Å². The van der Waals surface area contributed by atoms with Crippen molar-refractivity contribution in [2.45, 2.75) is 113 Å². The van der Waals surface area contributed by atoms with Crippen LogP contribution in [0.2, 0.25) is 0 Å². The van der Waals surface area contributed by atoms with Crippen molar-refractivity contribution < 1.29 is 66.0 Å². The molecule has 24 nitrogen and oxygen atoms in total. The van der Waals surface area contributed by atoms with E-state index < -0.39 is 103 Å². The summed E-state index contributed by atoms with van der Waals surface area (Å²) >= 11 is 0. The Bertz CT molecular complexity index is 4850. The Kier molecular flexibility index (Phi) is 24.7. The van der Waals surface area contributed by atoms with Crippen LogP contribution in [0.4, 0.5) is 11.4 Å². The number of anilines is 2. The first-order valence-electron chi connectivity index (χ1n) is 32.3. The molecule has 4 aliphatic rings. The average molecular weight is 1410 g/mol. The Balaban J connectivity index is 0.893. The summed E-state index contributed by atoms with van der Waals surface area (Å²) in [6.45, 7) is 20.6. The van der Waals surface area contributed by atoms with E-state index in [1.165, 1.54) is 24.3 Å². The SMILES string of the molecule is C#CCNC(=O)[C@H](CCCCNC(=O)CCNS(=O)(=O)c1ccc(-c2c3ccc(=[N+](CC)CC)cc-3oc3cc(N(CC)CC)ccc23)c(S(=O)(=O)[O-])c1)NC(=O)CCNS(=O)(=O)c1ccc(-c2c3ccc(=[N+](CC)CC)cc-3oc3cc(N(CC)CC)ccc23)c(S(=O)(=O)[O-])c1. The normalized spacial score (nSPS) is 12.4. The monoisotopic (exact) mass is 1410 g/mol. The maximum absolute atomic E-state index is 13.8. The fourth-order valence-corrected chi connectivity index (χ4v) is 15.7. The summed E-state index contributed by atoms with van der Waals surface area (Å²) in [5.41, 5.74) is 4.07.